The number of benzene rings is 1. The smallest absolute Gasteiger partial charge is 0.231 e. The number of carbonyl (C=O) groups excluding carboxylic acids is 1. The fourth-order valence-corrected chi connectivity index (χ4v) is 2.51. The van der Waals surface area contributed by atoms with Crippen LogP contribution in [0.15, 0.2) is 35.5 Å². The molecule has 0 bridgehead atoms. The van der Waals surface area contributed by atoms with Crippen molar-refractivity contribution in [1.29, 1.82) is 0 Å². The number of nitrogens with one attached hydrogen (secondary N) is 1. The van der Waals surface area contributed by atoms with Crippen molar-refractivity contribution in [2.75, 3.05) is 0 Å². The van der Waals surface area contributed by atoms with Crippen LogP contribution in [-0.4, -0.2) is 23.0 Å². The third kappa shape index (κ3) is 4.77. The summed E-state index contributed by atoms with van der Waals surface area (Å²) < 4.78 is 0. The first-order chi connectivity index (χ1) is 10.1. The molecule has 1 aromatic rings. The van der Waals surface area contributed by atoms with E-state index in [2.05, 4.69) is 10.5 Å². The molecular formula is C16H23N3O2. The lowest BCUT2D eigenvalue weighted by atomic mass is 9.97. The quantitative estimate of drug-likeness (QED) is 0.310. The summed E-state index contributed by atoms with van der Waals surface area (Å²) in [6.07, 6.45) is 3.94. The third-order valence-corrected chi connectivity index (χ3v) is 3.84. The van der Waals surface area contributed by atoms with Crippen molar-refractivity contribution in [2.45, 2.75) is 38.6 Å². The Labute approximate surface area is 125 Å². The number of hydrogen-bond donors (Lipinski definition) is 3. The monoisotopic (exact) mass is 289 g/mol. The molecule has 0 aromatic heterocycles. The summed E-state index contributed by atoms with van der Waals surface area (Å²) in [5.74, 6) is -0.118. The maximum Gasteiger partial charge on any atom is 0.231 e. The number of nitrogens with two attached hydrogens (primary N) is 1. The Balaban J connectivity index is 1.99. The molecule has 1 aromatic carbocycles. The zero-order valence-corrected chi connectivity index (χ0v) is 12.3. The predicted molar refractivity (Wildman–Crippen MR) is 82.0 cm³/mol. The van der Waals surface area contributed by atoms with Crippen molar-refractivity contribution in [3.63, 3.8) is 0 Å². The van der Waals surface area contributed by atoms with Crippen LogP contribution in [0, 0.1) is 11.8 Å². The molecule has 2 rings (SSSR count). The maximum absolute atomic E-state index is 12.4. The normalized spacial score (nSPS) is 18.0. The van der Waals surface area contributed by atoms with E-state index in [0.29, 0.717) is 6.42 Å². The van der Waals surface area contributed by atoms with E-state index in [0.717, 1.165) is 17.9 Å². The highest BCUT2D eigenvalue weighted by Crippen LogP contribution is 2.33. The highest BCUT2D eigenvalue weighted by molar-refractivity contribution is 6.02. The average molecular weight is 289 g/mol. The first kappa shape index (κ1) is 15.4. The Morgan fingerprint density at radius 3 is 2.67 bits per heavy atom. The first-order valence-corrected chi connectivity index (χ1v) is 7.42. The van der Waals surface area contributed by atoms with Gasteiger partial charge in [0.15, 0.2) is 5.84 Å². The largest absolute Gasteiger partial charge is 0.409 e. The van der Waals surface area contributed by atoms with Crippen LogP contribution in [-0.2, 0) is 11.2 Å². The summed E-state index contributed by atoms with van der Waals surface area (Å²) in [5, 5.41) is 14.9. The Morgan fingerprint density at radius 2 is 2.10 bits per heavy atom. The van der Waals surface area contributed by atoms with E-state index in [1.807, 2.05) is 37.3 Å². The van der Waals surface area contributed by atoms with Crippen LogP contribution < -0.4 is 11.1 Å². The van der Waals surface area contributed by atoms with Crippen LogP contribution in [0.5, 0.6) is 0 Å². The maximum atomic E-state index is 12.4. The van der Waals surface area contributed by atoms with Gasteiger partial charge in [-0.2, -0.15) is 0 Å². The van der Waals surface area contributed by atoms with Crippen molar-refractivity contribution in [3.05, 3.63) is 35.9 Å². The van der Waals surface area contributed by atoms with Gasteiger partial charge in [-0.25, -0.2) is 0 Å². The summed E-state index contributed by atoms with van der Waals surface area (Å²) in [5.41, 5.74) is 6.68. The Morgan fingerprint density at radius 1 is 1.43 bits per heavy atom. The van der Waals surface area contributed by atoms with Gasteiger partial charge in [-0.05, 0) is 31.2 Å². The minimum absolute atomic E-state index is 0.0463. The zero-order valence-electron chi connectivity index (χ0n) is 12.3. The summed E-state index contributed by atoms with van der Waals surface area (Å²) in [6, 6.07) is 9.71. The van der Waals surface area contributed by atoms with Gasteiger partial charge in [0.2, 0.25) is 5.91 Å². The molecule has 4 N–H and O–H groups in total. The Bertz CT molecular complexity index is 498. The van der Waals surface area contributed by atoms with Gasteiger partial charge in [0.1, 0.15) is 5.92 Å². The number of rotatable bonds is 7. The molecule has 0 saturated heterocycles. The fourth-order valence-electron chi connectivity index (χ4n) is 2.51. The number of amides is 1. The molecule has 21 heavy (non-hydrogen) atoms. The molecular weight excluding hydrogens is 266 g/mol. The van der Waals surface area contributed by atoms with Crippen molar-refractivity contribution in [3.8, 4) is 0 Å². The van der Waals surface area contributed by atoms with Crippen molar-refractivity contribution >= 4 is 11.7 Å². The van der Waals surface area contributed by atoms with E-state index in [4.69, 9.17) is 10.9 Å². The molecule has 1 aliphatic carbocycles. The molecule has 1 saturated carbocycles. The lowest BCUT2D eigenvalue weighted by Gasteiger charge is -2.19. The van der Waals surface area contributed by atoms with Crippen molar-refractivity contribution in [2.24, 2.45) is 22.7 Å². The first-order valence-electron chi connectivity index (χ1n) is 7.42. The van der Waals surface area contributed by atoms with Gasteiger partial charge in [-0.15, -0.1) is 0 Å². The molecule has 1 fully saturated rings. The highest BCUT2D eigenvalue weighted by atomic mass is 16.4. The third-order valence-electron chi connectivity index (χ3n) is 3.84. The number of oxime groups is 1. The zero-order chi connectivity index (χ0) is 15.2. The summed E-state index contributed by atoms with van der Waals surface area (Å²) in [7, 11) is 0. The van der Waals surface area contributed by atoms with Gasteiger partial charge >= 0.3 is 0 Å². The van der Waals surface area contributed by atoms with Gasteiger partial charge in [-0.1, -0.05) is 48.3 Å². The van der Waals surface area contributed by atoms with Gasteiger partial charge < -0.3 is 16.3 Å². The second-order valence-electron chi connectivity index (χ2n) is 5.86. The minimum Gasteiger partial charge on any atom is -0.409 e. The van der Waals surface area contributed by atoms with Crippen LogP contribution in [0.2, 0.25) is 0 Å². The molecule has 5 nitrogen and oxygen atoms in total. The second-order valence-corrected chi connectivity index (χ2v) is 5.86. The molecule has 5 heteroatoms. The molecule has 1 aliphatic rings. The van der Waals surface area contributed by atoms with Crippen LogP contribution >= 0.6 is 0 Å². The van der Waals surface area contributed by atoms with Gasteiger partial charge in [0.25, 0.3) is 0 Å². The molecule has 0 aliphatic heterocycles. The van der Waals surface area contributed by atoms with E-state index in [1.165, 1.54) is 12.8 Å². The van der Waals surface area contributed by atoms with Crippen molar-refractivity contribution in [1.82, 2.24) is 5.32 Å². The van der Waals surface area contributed by atoms with Gasteiger partial charge in [-0.3, -0.25) is 4.79 Å². The van der Waals surface area contributed by atoms with E-state index >= 15 is 0 Å². The molecule has 1 amide bonds. The molecule has 0 heterocycles. The number of nitrogens with zero attached hydrogens (tertiary/aromatic N) is 1. The predicted octanol–water partition coefficient (Wildman–Crippen LogP) is 1.90. The molecule has 114 valence electrons. The summed E-state index contributed by atoms with van der Waals surface area (Å²) in [6.45, 7) is 2.00. The molecule has 0 radical (unpaired) electrons. The lowest BCUT2D eigenvalue weighted by molar-refractivity contribution is -0.123. The van der Waals surface area contributed by atoms with Gasteiger partial charge in [0.05, 0.1) is 0 Å². The average Bonchev–Trinajstić information content (AvgIpc) is 3.28. The second kappa shape index (κ2) is 7.11. The number of carbonyl (C=O) groups is 1. The standard InChI is InChI=1S/C16H23N3O2/c1-11(9-13-7-8-13)18-16(20)14(15(17)19-21)10-12-5-3-2-4-6-12/h2-6,11,13-14,21H,7-10H2,1H3,(H2,17,19)(H,18,20). The molecule has 2 unspecified atom stereocenters. The van der Waals surface area contributed by atoms with E-state index in [1.54, 1.807) is 0 Å². The highest BCUT2D eigenvalue weighted by Gasteiger charge is 2.28. The summed E-state index contributed by atoms with van der Waals surface area (Å²) in [4.78, 5) is 12.4. The molecule has 2 atom stereocenters. The SMILES string of the molecule is CC(CC1CC1)NC(=O)C(Cc1ccccc1)C(N)=NO. The van der Waals surface area contributed by atoms with E-state index in [9.17, 15) is 4.79 Å². The van der Waals surface area contributed by atoms with E-state index in [-0.39, 0.29) is 17.8 Å². The Hall–Kier alpha value is -2.04. The van der Waals surface area contributed by atoms with Crippen molar-refractivity contribution < 1.29 is 10.0 Å². The van der Waals surface area contributed by atoms with Crippen LogP contribution in [0.1, 0.15) is 31.7 Å². The van der Waals surface area contributed by atoms with Crippen LogP contribution in [0.3, 0.4) is 0 Å². The van der Waals surface area contributed by atoms with Crippen LogP contribution in [0.4, 0.5) is 0 Å². The van der Waals surface area contributed by atoms with Crippen LogP contribution in [0.25, 0.3) is 0 Å². The number of hydrogen-bond acceptors (Lipinski definition) is 3. The minimum atomic E-state index is -0.640. The fraction of sp³-hybridized carbons (Fsp3) is 0.500. The topological polar surface area (TPSA) is 87.7 Å². The lowest BCUT2D eigenvalue weighted by Crippen LogP contribution is -2.43. The Kier molecular flexibility index (Phi) is 5.20. The van der Waals surface area contributed by atoms with E-state index < -0.39 is 5.92 Å². The summed E-state index contributed by atoms with van der Waals surface area (Å²) >= 11 is 0. The van der Waals surface area contributed by atoms with Gasteiger partial charge in [0, 0.05) is 6.04 Å². The number of amidine groups is 1. The molecule has 0 spiro atoms.